The maximum atomic E-state index is 13.7. The zero-order valence-corrected chi connectivity index (χ0v) is 41.5. The monoisotopic (exact) mass is 1150 g/mol. The lowest BCUT2D eigenvalue weighted by Gasteiger charge is -2.26. The number of nitrogens with zero attached hydrogens (tertiary/aromatic N) is 10. The van der Waals surface area contributed by atoms with Crippen molar-refractivity contribution in [2.24, 2.45) is 7.05 Å². The fraction of sp³-hybridized carbons (Fsp3) is 0.531. The fourth-order valence-corrected chi connectivity index (χ4v) is 12.8. The normalized spacial score (nSPS) is 30.5. The van der Waals surface area contributed by atoms with Gasteiger partial charge in [0.2, 0.25) is 17.7 Å². The summed E-state index contributed by atoms with van der Waals surface area (Å²) in [5.74, 6) is -0.716. The molecule has 0 aromatic carbocycles. The molecule has 0 saturated carbocycles. The smallest absolute Gasteiger partial charge is 0.387 e. The van der Waals surface area contributed by atoms with Gasteiger partial charge in [0.05, 0.1) is 39.5 Å². The topological polar surface area (TPSA) is 562 Å². The summed E-state index contributed by atoms with van der Waals surface area (Å²) >= 11 is 0. The minimum atomic E-state index is -6.20. The highest BCUT2D eigenvalue weighted by atomic mass is 31.3. The molecule has 0 aliphatic carbocycles. The van der Waals surface area contributed by atoms with E-state index >= 15 is 0 Å². The number of hydrogen-bond acceptors (Lipinski definition) is 29. The first-order valence-electron chi connectivity index (χ1n) is 21.2. The summed E-state index contributed by atoms with van der Waals surface area (Å²) in [6, 6.07) is 0. The molecule has 43 heteroatoms. The van der Waals surface area contributed by atoms with Gasteiger partial charge in [0.1, 0.15) is 66.8 Å². The minimum absolute atomic E-state index is 0.00606. The van der Waals surface area contributed by atoms with Crippen LogP contribution >= 0.6 is 31.3 Å². The van der Waals surface area contributed by atoms with E-state index in [1.807, 2.05) is 0 Å². The predicted octanol–water partition coefficient (Wildman–Crippen LogP) is -4.71. The van der Waals surface area contributed by atoms with Crippen molar-refractivity contribution in [2.45, 2.75) is 73.6 Å². The van der Waals surface area contributed by atoms with Gasteiger partial charge in [-0.15, -0.1) is 0 Å². The van der Waals surface area contributed by atoms with Crippen LogP contribution in [0, 0.1) is 0 Å². The van der Waals surface area contributed by atoms with Crippen LogP contribution in [0.5, 0.6) is 0 Å². The molecule has 75 heavy (non-hydrogen) atoms. The molecule has 0 radical (unpaired) electrons. The van der Waals surface area contributed by atoms with Crippen LogP contribution < -0.4 is 32.9 Å². The fourth-order valence-electron chi connectivity index (χ4n) is 8.29. The van der Waals surface area contributed by atoms with Crippen molar-refractivity contribution in [2.75, 3.05) is 44.1 Å². The number of nitrogens with one attached hydrogen (secondary N) is 2. The second kappa shape index (κ2) is 20.3. The SMILES string of the molecule is COC1[C@@H](OP(=O)(O)OC[C@H]2O[C@@H](n3cnc4c(=O)[nH]c(N)nc43)C(O)[C@H]2O)[C@@H](COP(=O)(O)OP(=O)(O)OP(=O)(O)OC[C@H]2O[C@@H]([n+]3cn(C)c4c(=O)[nH]c(N)nc43)[C@@H](O)C2O)O[C@H]1n1cnc2c(N)ncnc21. The Hall–Kier alpha value is -5.15. The van der Waals surface area contributed by atoms with E-state index in [1.54, 1.807) is 0 Å². The van der Waals surface area contributed by atoms with E-state index in [0.29, 0.717) is 0 Å². The lowest BCUT2D eigenvalue weighted by atomic mass is 10.1. The first kappa shape index (κ1) is 54.6. The predicted molar refractivity (Wildman–Crippen MR) is 239 cm³/mol. The maximum absolute atomic E-state index is 13.7. The number of nitrogen functional groups attached to an aromatic ring is 3. The summed E-state index contributed by atoms with van der Waals surface area (Å²) in [6.45, 7) is -3.40. The highest BCUT2D eigenvalue weighted by molar-refractivity contribution is 7.66. The number of aryl methyl sites for hydroxylation is 1. The Morgan fingerprint density at radius 1 is 0.667 bits per heavy atom. The second-order valence-corrected chi connectivity index (χ2v) is 22.5. The third kappa shape index (κ3) is 10.9. The quantitative estimate of drug-likeness (QED) is 0.0268. The molecule has 0 bridgehead atoms. The third-order valence-electron chi connectivity index (χ3n) is 11.6. The Labute approximate surface area is 414 Å². The van der Waals surface area contributed by atoms with E-state index in [1.165, 1.54) is 22.5 Å². The van der Waals surface area contributed by atoms with E-state index in [-0.39, 0.29) is 51.2 Å². The van der Waals surface area contributed by atoms with Crippen LogP contribution in [0.3, 0.4) is 0 Å². The summed E-state index contributed by atoms with van der Waals surface area (Å²) in [5.41, 5.74) is 15.4. The molecule has 6 aromatic rings. The van der Waals surface area contributed by atoms with Crippen molar-refractivity contribution in [3.05, 3.63) is 46.0 Å². The third-order valence-corrected chi connectivity index (χ3v) is 16.8. The van der Waals surface area contributed by atoms with Gasteiger partial charge in [-0.05, 0) is 0 Å². The van der Waals surface area contributed by atoms with Gasteiger partial charge in [-0.25, -0.2) is 42.8 Å². The lowest BCUT2D eigenvalue weighted by molar-refractivity contribution is -0.745. The number of aliphatic hydroxyl groups is 4. The number of phosphoric acid groups is 4. The van der Waals surface area contributed by atoms with Gasteiger partial charge >= 0.3 is 36.9 Å². The Morgan fingerprint density at radius 3 is 1.89 bits per heavy atom. The summed E-state index contributed by atoms with van der Waals surface area (Å²) in [5, 5.41) is 43.2. The zero-order chi connectivity index (χ0) is 54.3. The molecule has 0 amide bonds. The number of ether oxygens (including phenoxy) is 4. The van der Waals surface area contributed by atoms with Gasteiger partial charge in [0.15, 0.2) is 41.4 Å². The number of H-pyrrole nitrogens is 2. The molecule has 3 saturated heterocycles. The van der Waals surface area contributed by atoms with Crippen LogP contribution in [0.2, 0.25) is 0 Å². The van der Waals surface area contributed by atoms with Crippen molar-refractivity contribution < 1.29 is 108 Å². The number of aliphatic hydroxyl groups excluding tert-OH is 4. The average molecular weight is 1150 g/mol. The van der Waals surface area contributed by atoms with E-state index in [4.69, 9.17) is 49.7 Å². The first-order valence-corrected chi connectivity index (χ1v) is 27.1. The molecule has 9 heterocycles. The van der Waals surface area contributed by atoms with E-state index in [9.17, 15) is 67.8 Å². The van der Waals surface area contributed by atoms with Crippen LogP contribution in [0.4, 0.5) is 17.7 Å². The molecule has 3 aliphatic heterocycles. The van der Waals surface area contributed by atoms with E-state index in [2.05, 4.69) is 53.0 Å². The van der Waals surface area contributed by atoms with Crippen LogP contribution in [0.15, 0.2) is 34.9 Å². The van der Waals surface area contributed by atoms with Gasteiger partial charge in [0.25, 0.3) is 17.1 Å². The summed E-state index contributed by atoms with van der Waals surface area (Å²) in [7, 11) is -20.9. The van der Waals surface area contributed by atoms with Crippen molar-refractivity contribution >= 4 is 82.5 Å². The second-order valence-electron chi connectivity index (χ2n) is 16.5. The van der Waals surface area contributed by atoms with Crippen molar-refractivity contribution in [3.8, 4) is 0 Å². The largest absolute Gasteiger partial charge is 0.490 e. The number of nitrogens with two attached hydrogens (primary N) is 3. The Bertz CT molecular complexity index is 3470. The molecular formula is C32H44N15O24P4+. The van der Waals surface area contributed by atoms with Gasteiger partial charge in [-0.2, -0.15) is 13.6 Å². The number of hydrogen-bond donors (Lipinski definition) is 13. The van der Waals surface area contributed by atoms with Crippen molar-refractivity contribution in [1.29, 1.82) is 0 Å². The molecule has 16 N–H and O–H groups in total. The molecule has 3 aliphatic rings. The number of methoxy groups -OCH3 is 1. The number of imidazole rings is 3. The number of phosphoric ester groups is 3. The molecule has 9 rings (SSSR count). The number of aromatic amines is 2. The highest BCUT2D eigenvalue weighted by Gasteiger charge is 2.54. The van der Waals surface area contributed by atoms with E-state index in [0.717, 1.165) is 35.2 Å². The van der Waals surface area contributed by atoms with Gasteiger partial charge in [-0.3, -0.25) is 51.4 Å². The standard InChI is InChI=1S/C32H43N15O24P4/c1-44-9-47(25-15(44)27(53)43-32(35)41-25)29-19(51)17(49)11(67-29)4-64-73(56,57)70-75(60,61)71-74(58,59)65-5-12-20(21(62-2)30(68-12)45-7-38-13-22(33)36-6-37-23(13)45)69-72(54,55)63-3-10-16(48)18(50)28(66-10)46-8-39-14-24(46)40-31(34)42-26(14)52/h6-12,16-21,28-30,48-51H,3-5H2,1-2H3,(H11-,33,34,35,36,37,40,41,42,43,52,53,54,55,56,57,58,59,60,61)/p+1/t10-,11-,12-,16+,17?,18?,19+,20+,21?,28-,29-,30-/m1/s1. The molecule has 6 aromatic heterocycles. The lowest BCUT2D eigenvalue weighted by Crippen LogP contribution is -2.46. The van der Waals surface area contributed by atoms with Crippen LogP contribution in [0.25, 0.3) is 33.5 Å². The molecule has 7 unspecified atom stereocenters. The van der Waals surface area contributed by atoms with Gasteiger partial charge in [-0.1, -0.05) is 4.98 Å². The summed E-state index contributed by atoms with van der Waals surface area (Å²) in [4.78, 5) is 95.6. The first-order chi connectivity index (χ1) is 35.2. The van der Waals surface area contributed by atoms with Crippen LogP contribution in [-0.4, -0.2) is 175 Å². The molecule has 16 atom stereocenters. The molecule has 3 fully saturated rings. The Balaban J connectivity index is 0.862. The molecular weight excluding hydrogens is 1100 g/mol. The minimum Gasteiger partial charge on any atom is -0.387 e. The zero-order valence-electron chi connectivity index (χ0n) is 38.0. The van der Waals surface area contributed by atoms with Crippen molar-refractivity contribution in [1.82, 2.24) is 53.6 Å². The maximum Gasteiger partial charge on any atom is 0.490 e. The van der Waals surface area contributed by atoms with Crippen LogP contribution in [-0.2, 0) is 71.0 Å². The number of anilines is 3. The average Bonchev–Trinajstić information content (AvgIpc) is 4.17. The Morgan fingerprint density at radius 2 is 1.23 bits per heavy atom. The van der Waals surface area contributed by atoms with Gasteiger partial charge < -0.3 is 76.1 Å². The Kier molecular flexibility index (Phi) is 14.8. The summed E-state index contributed by atoms with van der Waals surface area (Å²) in [6.07, 6.45) is -15.8. The molecule has 410 valence electrons. The van der Waals surface area contributed by atoms with Crippen molar-refractivity contribution in [3.63, 3.8) is 0 Å². The molecule has 39 nitrogen and oxygen atoms in total. The number of rotatable bonds is 19. The molecule has 0 spiro atoms. The van der Waals surface area contributed by atoms with Crippen LogP contribution in [0.1, 0.15) is 18.7 Å². The highest BCUT2D eigenvalue weighted by Crippen LogP contribution is 2.68. The number of aromatic nitrogens is 12. The number of fused-ring (bicyclic) bond motifs is 3. The summed E-state index contributed by atoms with van der Waals surface area (Å²) < 4.78 is 109. The van der Waals surface area contributed by atoms with E-state index < -0.39 is 136 Å². The van der Waals surface area contributed by atoms with Gasteiger partial charge in [0, 0.05) is 7.11 Å².